The van der Waals surface area contributed by atoms with Crippen LogP contribution in [0.4, 0.5) is 0 Å². The van der Waals surface area contributed by atoms with Crippen molar-refractivity contribution in [2.45, 2.75) is 62.7 Å². The van der Waals surface area contributed by atoms with Gasteiger partial charge in [0.15, 0.2) is 5.60 Å². The van der Waals surface area contributed by atoms with Crippen LogP contribution in [0, 0.1) is 11.3 Å². The van der Waals surface area contributed by atoms with Crippen LogP contribution in [0.3, 0.4) is 0 Å². The first-order valence-electron chi connectivity index (χ1n) is 10.8. The highest BCUT2D eigenvalue weighted by atomic mass is 35.5. The van der Waals surface area contributed by atoms with E-state index in [4.69, 9.17) is 26.1 Å². The van der Waals surface area contributed by atoms with Crippen LogP contribution in [-0.2, 0) is 20.1 Å². The van der Waals surface area contributed by atoms with Crippen LogP contribution in [-0.4, -0.2) is 18.1 Å². The number of rotatable bonds is 4. The molecule has 1 spiro atoms. The molecule has 2 aromatic rings. The predicted octanol–water partition coefficient (Wildman–Crippen LogP) is 7.24. The van der Waals surface area contributed by atoms with Gasteiger partial charge in [-0.25, -0.2) is 9.78 Å². The molecule has 1 atom stereocenters. The van der Waals surface area contributed by atoms with Gasteiger partial charge in [-0.3, -0.25) is 0 Å². The molecule has 2 aliphatic rings. The maximum absolute atomic E-state index is 6.46. The molecule has 1 aliphatic heterocycles. The van der Waals surface area contributed by atoms with Crippen molar-refractivity contribution in [3.63, 3.8) is 0 Å². The zero-order chi connectivity index (χ0) is 21.2. The van der Waals surface area contributed by atoms with E-state index in [1.807, 2.05) is 42.5 Å². The van der Waals surface area contributed by atoms with E-state index in [0.717, 1.165) is 41.2 Å². The van der Waals surface area contributed by atoms with Gasteiger partial charge in [0.05, 0.1) is 6.61 Å². The Morgan fingerprint density at radius 2 is 1.63 bits per heavy atom. The van der Waals surface area contributed by atoms with Gasteiger partial charge < -0.3 is 4.74 Å². The Labute approximate surface area is 189 Å². The summed E-state index contributed by atoms with van der Waals surface area (Å²) in [7, 11) is 0. The van der Waals surface area contributed by atoms with Crippen LogP contribution in [0.2, 0.25) is 5.02 Å². The number of hydrogen-bond donors (Lipinski definition) is 0. The lowest BCUT2D eigenvalue weighted by Crippen LogP contribution is -2.53. The zero-order valence-corrected chi connectivity index (χ0v) is 19.6. The Kier molecular flexibility index (Phi) is 6.53. The van der Waals surface area contributed by atoms with Crippen molar-refractivity contribution in [2.75, 3.05) is 12.4 Å². The topological polar surface area (TPSA) is 27.7 Å². The third-order valence-corrected chi connectivity index (χ3v) is 7.95. The Morgan fingerprint density at radius 3 is 2.20 bits per heavy atom. The van der Waals surface area contributed by atoms with Crippen molar-refractivity contribution >= 4 is 23.4 Å². The summed E-state index contributed by atoms with van der Waals surface area (Å²) in [5.41, 5.74) is 0.752. The number of hydrogen-bond acceptors (Lipinski definition) is 4. The lowest BCUT2D eigenvalue weighted by Gasteiger charge is -2.48. The summed E-state index contributed by atoms with van der Waals surface area (Å²) in [5, 5.41) is 0.741. The van der Waals surface area contributed by atoms with E-state index in [0.29, 0.717) is 23.7 Å². The molecule has 0 radical (unpaired) electrons. The molecule has 1 aliphatic carbocycles. The second kappa shape index (κ2) is 8.84. The van der Waals surface area contributed by atoms with Crippen LogP contribution in [0.25, 0.3) is 0 Å². The molecule has 0 aromatic heterocycles. The van der Waals surface area contributed by atoms with Gasteiger partial charge >= 0.3 is 0 Å². The van der Waals surface area contributed by atoms with Gasteiger partial charge in [0.25, 0.3) is 0 Å². The van der Waals surface area contributed by atoms with Crippen LogP contribution < -0.4 is 0 Å². The Bertz CT molecular complexity index is 814. The van der Waals surface area contributed by atoms with E-state index >= 15 is 0 Å². The SMILES string of the molecule is CC(C)(C)C1CCC2(CC1)OCC(CSc1ccc(Cl)cc1)(c1ccccc1)OO2. The number of ether oxygens (including phenoxy) is 1. The van der Waals surface area contributed by atoms with Crippen LogP contribution in [0.15, 0.2) is 59.5 Å². The van der Waals surface area contributed by atoms with Crippen molar-refractivity contribution in [3.8, 4) is 0 Å². The fraction of sp³-hybridized carbons (Fsp3) is 0.520. The predicted molar refractivity (Wildman–Crippen MR) is 123 cm³/mol. The fourth-order valence-corrected chi connectivity index (χ4v) is 5.51. The van der Waals surface area contributed by atoms with Gasteiger partial charge in [-0.1, -0.05) is 62.7 Å². The Hall–Kier alpha value is -1.04. The van der Waals surface area contributed by atoms with Gasteiger partial charge in [0.1, 0.15) is 0 Å². The molecule has 2 fully saturated rings. The van der Waals surface area contributed by atoms with E-state index in [2.05, 4.69) is 32.9 Å². The lowest BCUT2D eigenvalue weighted by molar-refractivity contribution is -0.518. The minimum Gasteiger partial charge on any atom is -0.344 e. The Balaban J connectivity index is 1.47. The molecular formula is C25H31ClO3S. The lowest BCUT2D eigenvalue weighted by atomic mass is 9.71. The second-order valence-corrected chi connectivity index (χ2v) is 11.1. The first-order chi connectivity index (χ1) is 14.3. The summed E-state index contributed by atoms with van der Waals surface area (Å²) in [6.07, 6.45) is 3.96. The summed E-state index contributed by atoms with van der Waals surface area (Å²) in [4.78, 5) is 13.5. The minimum absolute atomic E-state index is 0.320. The molecule has 1 saturated heterocycles. The van der Waals surface area contributed by atoms with Gasteiger partial charge in [-0.2, -0.15) is 0 Å². The van der Waals surface area contributed by atoms with E-state index in [1.165, 1.54) is 0 Å². The molecule has 1 heterocycles. The second-order valence-electron chi connectivity index (χ2n) is 9.61. The first kappa shape index (κ1) is 22.2. The molecular weight excluding hydrogens is 416 g/mol. The van der Waals surface area contributed by atoms with Gasteiger partial charge in [-0.15, -0.1) is 11.8 Å². The maximum atomic E-state index is 6.46. The number of benzene rings is 2. The number of halogens is 1. The molecule has 0 N–H and O–H groups in total. The van der Waals surface area contributed by atoms with Crippen molar-refractivity contribution in [1.29, 1.82) is 0 Å². The van der Waals surface area contributed by atoms with Gasteiger partial charge in [0.2, 0.25) is 5.79 Å². The summed E-state index contributed by atoms with van der Waals surface area (Å²) in [6.45, 7) is 7.45. The van der Waals surface area contributed by atoms with Crippen LogP contribution in [0.1, 0.15) is 52.0 Å². The smallest absolute Gasteiger partial charge is 0.201 e. The van der Waals surface area contributed by atoms with E-state index in [9.17, 15) is 0 Å². The maximum Gasteiger partial charge on any atom is 0.201 e. The van der Waals surface area contributed by atoms with Crippen molar-refractivity contribution in [1.82, 2.24) is 0 Å². The van der Waals surface area contributed by atoms with Crippen molar-refractivity contribution in [3.05, 3.63) is 65.2 Å². The fourth-order valence-electron chi connectivity index (χ4n) is 4.36. The average molecular weight is 447 g/mol. The molecule has 0 bridgehead atoms. The van der Waals surface area contributed by atoms with Gasteiger partial charge in [-0.05, 0) is 54.0 Å². The summed E-state index contributed by atoms with van der Waals surface area (Å²) in [6, 6.07) is 18.2. The third kappa shape index (κ3) is 4.89. The summed E-state index contributed by atoms with van der Waals surface area (Å²) in [5.74, 6) is 0.779. The molecule has 5 heteroatoms. The number of thioether (sulfide) groups is 1. The van der Waals surface area contributed by atoms with Crippen molar-refractivity contribution in [2.24, 2.45) is 11.3 Å². The summed E-state index contributed by atoms with van der Waals surface area (Å²) >= 11 is 7.76. The van der Waals surface area contributed by atoms with E-state index in [-0.39, 0.29) is 0 Å². The normalized spacial score (nSPS) is 29.8. The highest BCUT2D eigenvalue weighted by Gasteiger charge is 2.50. The molecule has 162 valence electrons. The summed E-state index contributed by atoms with van der Waals surface area (Å²) < 4.78 is 6.46. The van der Waals surface area contributed by atoms with E-state index in [1.54, 1.807) is 11.8 Å². The Morgan fingerprint density at radius 1 is 0.967 bits per heavy atom. The van der Waals surface area contributed by atoms with Crippen molar-refractivity contribution < 1.29 is 14.5 Å². The molecule has 0 amide bonds. The standard InChI is InChI=1S/C25H31ClO3S/c1-23(2,3)19-13-15-25(16-14-19)27-17-24(28-29-25,20-7-5-4-6-8-20)18-30-22-11-9-21(26)10-12-22/h4-12,19H,13-18H2,1-3H3. The largest absolute Gasteiger partial charge is 0.344 e. The van der Waals surface area contributed by atoms with Crippen LogP contribution >= 0.6 is 23.4 Å². The molecule has 1 saturated carbocycles. The quantitative estimate of drug-likeness (QED) is 0.365. The minimum atomic E-state index is -0.641. The van der Waals surface area contributed by atoms with Crippen LogP contribution in [0.5, 0.6) is 0 Å². The average Bonchev–Trinajstić information content (AvgIpc) is 2.75. The highest BCUT2D eigenvalue weighted by molar-refractivity contribution is 7.99. The van der Waals surface area contributed by atoms with E-state index < -0.39 is 11.4 Å². The molecule has 3 nitrogen and oxygen atoms in total. The molecule has 2 aromatic carbocycles. The molecule has 4 rings (SSSR count). The monoisotopic (exact) mass is 446 g/mol. The van der Waals surface area contributed by atoms with Gasteiger partial charge in [0, 0.05) is 28.5 Å². The highest BCUT2D eigenvalue weighted by Crippen LogP contribution is 2.48. The molecule has 30 heavy (non-hydrogen) atoms. The third-order valence-electron chi connectivity index (χ3n) is 6.48. The zero-order valence-electron chi connectivity index (χ0n) is 18.0. The molecule has 1 unspecified atom stereocenters. The first-order valence-corrected chi connectivity index (χ1v) is 12.1.